The highest BCUT2D eigenvalue weighted by atomic mass is 16.6. The molecule has 3 atom stereocenters. The topological polar surface area (TPSA) is 47.6 Å². The van der Waals surface area contributed by atoms with Gasteiger partial charge in [0.05, 0.1) is 12.6 Å². The van der Waals surface area contributed by atoms with Gasteiger partial charge in [-0.05, 0) is 6.42 Å². The molecule has 4 heteroatoms. The Bertz CT molecular complexity index is 265. The van der Waals surface area contributed by atoms with Crippen LogP contribution >= 0.6 is 0 Å². The number of hydrogen-bond acceptors (Lipinski definition) is 3. The lowest BCUT2D eigenvalue weighted by Gasteiger charge is -2.16. The summed E-state index contributed by atoms with van der Waals surface area (Å²) in [5.41, 5.74) is 0. The number of hydrogen-bond donors (Lipinski definition) is 1. The highest BCUT2D eigenvalue weighted by Gasteiger charge is 2.41. The van der Waals surface area contributed by atoms with Crippen molar-refractivity contribution in [2.75, 3.05) is 13.2 Å². The molecule has 84 valence electrons. The molecule has 2 rings (SSSR count). The van der Waals surface area contributed by atoms with E-state index in [0.29, 0.717) is 6.61 Å². The van der Waals surface area contributed by atoms with Gasteiger partial charge in [0.2, 0.25) is 0 Å². The van der Waals surface area contributed by atoms with Gasteiger partial charge in [-0.3, -0.25) is 0 Å². The first-order valence-corrected chi connectivity index (χ1v) is 5.54. The summed E-state index contributed by atoms with van der Waals surface area (Å²) in [5, 5.41) is 2.74. The van der Waals surface area contributed by atoms with Gasteiger partial charge in [0, 0.05) is 12.5 Å². The third-order valence-electron chi connectivity index (χ3n) is 2.82. The third-order valence-corrected chi connectivity index (χ3v) is 2.82. The number of fused-ring (bicyclic) bond motifs is 1. The van der Waals surface area contributed by atoms with Crippen LogP contribution in [0.25, 0.3) is 0 Å². The van der Waals surface area contributed by atoms with Crippen molar-refractivity contribution in [2.45, 2.75) is 31.9 Å². The minimum Gasteiger partial charge on any atom is -0.443 e. The highest BCUT2D eigenvalue weighted by Crippen LogP contribution is 2.26. The summed E-state index contributed by atoms with van der Waals surface area (Å²) in [7, 11) is 0. The number of carbonyl (C=O) groups is 1. The summed E-state index contributed by atoms with van der Waals surface area (Å²) in [6.07, 6.45) is 5.92. The van der Waals surface area contributed by atoms with E-state index in [0.717, 1.165) is 19.4 Å². The summed E-state index contributed by atoms with van der Waals surface area (Å²) < 4.78 is 10.7. The molecule has 1 fully saturated rings. The number of carbonyl (C=O) groups excluding carboxylic acids is 1. The van der Waals surface area contributed by atoms with Crippen molar-refractivity contribution in [3.8, 4) is 0 Å². The maximum atomic E-state index is 11.0. The number of ether oxygens (including phenoxy) is 2. The van der Waals surface area contributed by atoms with E-state index in [1.54, 1.807) is 0 Å². The molecule has 0 aromatic heterocycles. The van der Waals surface area contributed by atoms with Crippen molar-refractivity contribution in [2.24, 2.45) is 5.92 Å². The Labute approximate surface area is 89.6 Å². The zero-order valence-electron chi connectivity index (χ0n) is 8.94. The van der Waals surface area contributed by atoms with E-state index < -0.39 is 0 Å². The molecule has 1 N–H and O–H groups in total. The summed E-state index contributed by atoms with van der Waals surface area (Å²) in [5.74, 6) is 0.214. The number of amides is 1. The maximum absolute atomic E-state index is 11.0. The normalized spacial score (nSPS) is 32.6. The number of rotatable bonds is 5. The zero-order valence-corrected chi connectivity index (χ0v) is 8.94. The lowest BCUT2D eigenvalue weighted by atomic mass is 10.1. The summed E-state index contributed by atoms with van der Waals surface area (Å²) in [6, 6.07) is 0.0530. The minimum absolute atomic E-state index is 0.0530. The van der Waals surface area contributed by atoms with Crippen molar-refractivity contribution in [3.63, 3.8) is 0 Å². The predicted octanol–water partition coefficient (Wildman–Crippen LogP) is 1.47. The molecule has 0 aromatic carbocycles. The van der Waals surface area contributed by atoms with Crippen LogP contribution in [0.15, 0.2) is 12.2 Å². The van der Waals surface area contributed by atoms with E-state index in [1.165, 1.54) is 0 Å². The lowest BCUT2D eigenvalue weighted by Crippen LogP contribution is -2.30. The first-order valence-electron chi connectivity index (χ1n) is 5.54. The quantitative estimate of drug-likeness (QED) is 0.553. The molecule has 1 saturated heterocycles. The first kappa shape index (κ1) is 10.5. The Balaban J connectivity index is 1.75. The average Bonchev–Trinajstić information content (AvgIpc) is 2.73. The molecule has 1 aliphatic heterocycles. The van der Waals surface area contributed by atoms with E-state index in [2.05, 4.69) is 18.3 Å². The average molecular weight is 211 g/mol. The smallest absolute Gasteiger partial charge is 0.408 e. The Morgan fingerprint density at radius 2 is 2.40 bits per heavy atom. The van der Waals surface area contributed by atoms with Crippen molar-refractivity contribution in [1.29, 1.82) is 0 Å². The van der Waals surface area contributed by atoms with E-state index >= 15 is 0 Å². The van der Waals surface area contributed by atoms with Crippen LogP contribution in [0.3, 0.4) is 0 Å². The van der Waals surface area contributed by atoms with Crippen LogP contribution in [0.4, 0.5) is 4.79 Å². The monoisotopic (exact) mass is 211 g/mol. The summed E-state index contributed by atoms with van der Waals surface area (Å²) in [6.45, 7) is 3.57. The van der Waals surface area contributed by atoms with Crippen LogP contribution in [0.1, 0.15) is 19.8 Å². The molecule has 0 saturated carbocycles. The second-order valence-corrected chi connectivity index (χ2v) is 4.02. The Morgan fingerprint density at radius 3 is 3.20 bits per heavy atom. The fourth-order valence-electron chi connectivity index (χ4n) is 1.95. The molecule has 1 heterocycles. The van der Waals surface area contributed by atoms with Gasteiger partial charge < -0.3 is 14.8 Å². The Hall–Kier alpha value is -1.03. The van der Waals surface area contributed by atoms with Crippen LogP contribution in [-0.2, 0) is 9.47 Å². The van der Waals surface area contributed by atoms with Gasteiger partial charge in [0.15, 0.2) is 0 Å². The molecule has 15 heavy (non-hydrogen) atoms. The highest BCUT2D eigenvalue weighted by molar-refractivity contribution is 5.71. The number of unbranched alkanes of at least 4 members (excludes halogenated alkanes) is 1. The fourth-order valence-corrected chi connectivity index (χ4v) is 1.95. The van der Waals surface area contributed by atoms with Gasteiger partial charge in [0.1, 0.15) is 6.10 Å². The lowest BCUT2D eigenvalue weighted by molar-refractivity contribution is 0.0539. The zero-order chi connectivity index (χ0) is 10.7. The second-order valence-electron chi connectivity index (χ2n) is 4.02. The van der Waals surface area contributed by atoms with Gasteiger partial charge in [-0.1, -0.05) is 25.5 Å². The molecule has 1 amide bonds. The molecular weight excluding hydrogens is 194 g/mol. The molecule has 2 aliphatic rings. The van der Waals surface area contributed by atoms with Crippen molar-refractivity contribution < 1.29 is 14.3 Å². The summed E-state index contributed by atoms with van der Waals surface area (Å²) in [4.78, 5) is 11.0. The molecule has 1 unspecified atom stereocenters. The maximum Gasteiger partial charge on any atom is 0.408 e. The molecule has 0 radical (unpaired) electrons. The van der Waals surface area contributed by atoms with Crippen LogP contribution < -0.4 is 5.32 Å². The molecule has 4 nitrogen and oxygen atoms in total. The summed E-state index contributed by atoms with van der Waals surface area (Å²) >= 11 is 0. The predicted molar refractivity (Wildman–Crippen MR) is 55.5 cm³/mol. The fraction of sp³-hybridized carbons (Fsp3) is 0.727. The van der Waals surface area contributed by atoms with E-state index in [4.69, 9.17) is 9.47 Å². The van der Waals surface area contributed by atoms with E-state index in [9.17, 15) is 4.79 Å². The Morgan fingerprint density at radius 1 is 1.53 bits per heavy atom. The molecule has 0 spiro atoms. The van der Waals surface area contributed by atoms with Gasteiger partial charge >= 0.3 is 6.09 Å². The van der Waals surface area contributed by atoms with Gasteiger partial charge in [-0.2, -0.15) is 0 Å². The standard InChI is InChI=1S/C11H17NO3/c1-2-3-6-14-7-8-4-5-9-10(8)15-11(13)12-9/h4-5,8-10H,2-3,6-7H2,1H3,(H,12,13)/t8-,9?,10-/m0/s1. The van der Waals surface area contributed by atoms with Gasteiger partial charge in [0.25, 0.3) is 0 Å². The largest absolute Gasteiger partial charge is 0.443 e. The van der Waals surface area contributed by atoms with E-state index in [1.807, 2.05) is 6.08 Å². The van der Waals surface area contributed by atoms with Crippen molar-refractivity contribution in [3.05, 3.63) is 12.2 Å². The van der Waals surface area contributed by atoms with Crippen LogP contribution in [0.5, 0.6) is 0 Å². The first-order chi connectivity index (χ1) is 7.31. The SMILES string of the molecule is CCCCOC[C@@H]1C=CC2NC(=O)O[C@H]21. The van der Waals surface area contributed by atoms with Crippen molar-refractivity contribution in [1.82, 2.24) is 5.32 Å². The van der Waals surface area contributed by atoms with E-state index in [-0.39, 0.29) is 24.2 Å². The molecule has 0 bridgehead atoms. The second kappa shape index (κ2) is 4.66. The van der Waals surface area contributed by atoms with Crippen LogP contribution in [0, 0.1) is 5.92 Å². The molecule has 1 aliphatic carbocycles. The van der Waals surface area contributed by atoms with Crippen LogP contribution in [0.2, 0.25) is 0 Å². The van der Waals surface area contributed by atoms with Gasteiger partial charge in [-0.15, -0.1) is 0 Å². The minimum atomic E-state index is -0.312. The molecule has 0 aromatic rings. The van der Waals surface area contributed by atoms with Crippen molar-refractivity contribution >= 4 is 6.09 Å². The number of alkyl carbamates (subject to hydrolysis) is 1. The van der Waals surface area contributed by atoms with Crippen LogP contribution in [-0.4, -0.2) is 31.5 Å². The third kappa shape index (κ3) is 2.31. The number of nitrogens with one attached hydrogen (secondary N) is 1. The molecular formula is C11H17NO3. The Kier molecular flexibility index (Phi) is 3.26. The van der Waals surface area contributed by atoms with Gasteiger partial charge in [-0.25, -0.2) is 4.79 Å².